The van der Waals surface area contributed by atoms with Gasteiger partial charge in [-0.3, -0.25) is 0 Å². The highest BCUT2D eigenvalue weighted by Gasteiger charge is 2.65. The Morgan fingerprint density at radius 1 is 1.33 bits per heavy atom. The summed E-state index contributed by atoms with van der Waals surface area (Å²) in [6.07, 6.45) is -4.16. The Hall–Kier alpha value is -0.820. The molecule has 1 aliphatic rings. The summed E-state index contributed by atoms with van der Waals surface area (Å²) >= 11 is 8.68. The fraction of sp³-hybridized carbons (Fsp3) is 0.462. The van der Waals surface area contributed by atoms with Gasteiger partial charge in [0.25, 0.3) is 0 Å². The number of rotatable bonds is 3. The van der Waals surface area contributed by atoms with Crippen LogP contribution < -0.4 is 0 Å². The second-order valence-electron chi connectivity index (χ2n) is 5.09. The average molecular weight is 386 g/mol. The molecule has 1 saturated carbocycles. The van der Waals surface area contributed by atoms with Crippen LogP contribution in [0.25, 0.3) is 11.0 Å². The van der Waals surface area contributed by atoms with E-state index in [9.17, 15) is 17.6 Å². The molecular formula is C13H10BrClF4N2. The Labute approximate surface area is 131 Å². The third-order valence-corrected chi connectivity index (χ3v) is 4.56. The van der Waals surface area contributed by atoms with Crippen LogP contribution in [0.4, 0.5) is 17.6 Å². The summed E-state index contributed by atoms with van der Waals surface area (Å²) in [5.41, 5.74) is -1.44. The number of imidazole rings is 1. The van der Waals surface area contributed by atoms with Crippen molar-refractivity contribution in [3.05, 3.63) is 28.2 Å². The number of halogens is 6. The predicted molar refractivity (Wildman–Crippen MR) is 75.1 cm³/mol. The van der Waals surface area contributed by atoms with Gasteiger partial charge in [-0.15, -0.1) is 11.6 Å². The molecule has 0 saturated heterocycles. The minimum absolute atomic E-state index is 0.00619. The third kappa shape index (κ3) is 2.25. The van der Waals surface area contributed by atoms with Crippen molar-refractivity contribution in [3.63, 3.8) is 0 Å². The molecule has 0 unspecified atom stereocenters. The molecule has 0 amide bonds. The van der Waals surface area contributed by atoms with E-state index in [0.29, 0.717) is 0 Å². The van der Waals surface area contributed by atoms with Gasteiger partial charge in [0.05, 0.1) is 15.5 Å². The molecule has 0 N–H and O–H groups in total. The van der Waals surface area contributed by atoms with E-state index in [2.05, 4.69) is 20.9 Å². The molecule has 0 spiro atoms. The van der Waals surface area contributed by atoms with Gasteiger partial charge in [-0.05, 0) is 34.8 Å². The second-order valence-corrected chi connectivity index (χ2v) is 6.32. The quantitative estimate of drug-likeness (QED) is 0.550. The van der Waals surface area contributed by atoms with Gasteiger partial charge in [-0.1, -0.05) is 0 Å². The van der Waals surface area contributed by atoms with Gasteiger partial charge in [-0.25, -0.2) is 9.37 Å². The zero-order chi connectivity index (χ0) is 15.4. The lowest BCUT2D eigenvalue weighted by Gasteiger charge is -2.24. The molecule has 1 heterocycles. The maximum atomic E-state index is 13.6. The number of aromatic nitrogens is 2. The first-order valence-corrected chi connectivity index (χ1v) is 7.62. The van der Waals surface area contributed by atoms with E-state index in [4.69, 9.17) is 11.6 Å². The predicted octanol–water partition coefficient (Wildman–Crippen LogP) is 4.77. The van der Waals surface area contributed by atoms with Crippen LogP contribution in [-0.2, 0) is 12.0 Å². The normalized spacial score (nSPS) is 17.4. The van der Waals surface area contributed by atoms with Gasteiger partial charge in [0.2, 0.25) is 0 Å². The van der Waals surface area contributed by atoms with Gasteiger partial charge in [0.15, 0.2) is 0 Å². The second kappa shape index (κ2) is 4.84. The topological polar surface area (TPSA) is 17.8 Å². The highest BCUT2D eigenvalue weighted by molar-refractivity contribution is 9.10. The van der Waals surface area contributed by atoms with Crippen molar-refractivity contribution in [3.8, 4) is 0 Å². The molecule has 3 rings (SSSR count). The summed E-state index contributed by atoms with van der Waals surface area (Å²) in [4.78, 5) is 4.14. The van der Waals surface area contributed by atoms with E-state index in [1.165, 1.54) is 10.6 Å². The largest absolute Gasteiger partial charge is 0.412 e. The molecule has 8 heteroatoms. The molecule has 0 aliphatic heterocycles. The monoisotopic (exact) mass is 384 g/mol. The van der Waals surface area contributed by atoms with Gasteiger partial charge < -0.3 is 4.57 Å². The first-order chi connectivity index (χ1) is 9.80. The Morgan fingerprint density at radius 3 is 2.52 bits per heavy atom. The van der Waals surface area contributed by atoms with Crippen LogP contribution in [0.2, 0.25) is 0 Å². The number of fused-ring (bicyclic) bond motifs is 1. The smallest absolute Gasteiger partial charge is 0.312 e. The highest BCUT2D eigenvalue weighted by Crippen LogP contribution is 2.57. The van der Waals surface area contributed by atoms with E-state index in [0.717, 1.165) is 6.07 Å². The molecule has 0 atom stereocenters. The first kappa shape index (κ1) is 15.1. The molecule has 1 fully saturated rings. The maximum absolute atomic E-state index is 13.6. The van der Waals surface area contributed by atoms with Crippen LogP contribution in [0.3, 0.4) is 0 Å². The molecule has 2 nitrogen and oxygen atoms in total. The summed E-state index contributed by atoms with van der Waals surface area (Å²) in [5, 5.41) is 0. The number of alkyl halides is 4. The fourth-order valence-corrected chi connectivity index (χ4v) is 3.10. The molecule has 114 valence electrons. The van der Waals surface area contributed by atoms with E-state index < -0.39 is 17.5 Å². The van der Waals surface area contributed by atoms with Crippen molar-refractivity contribution < 1.29 is 17.6 Å². The number of hydrogen-bond acceptors (Lipinski definition) is 1. The Kier molecular flexibility index (Phi) is 3.48. The van der Waals surface area contributed by atoms with E-state index >= 15 is 0 Å². The van der Waals surface area contributed by atoms with E-state index in [-0.39, 0.29) is 46.5 Å². The molecule has 0 radical (unpaired) electrons. The van der Waals surface area contributed by atoms with Crippen molar-refractivity contribution in [2.45, 2.75) is 31.0 Å². The van der Waals surface area contributed by atoms with Crippen LogP contribution in [0, 0.1) is 5.82 Å². The van der Waals surface area contributed by atoms with Crippen molar-refractivity contribution in [2.75, 3.05) is 5.88 Å². The Morgan fingerprint density at radius 2 is 2.00 bits per heavy atom. The SMILES string of the molecule is Fc1cc2nc(CCCl)n(C3(C(F)(F)F)CC3)c2cc1Br. The summed E-state index contributed by atoms with van der Waals surface area (Å²) in [6, 6.07) is 2.49. The van der Waals surface area contributed by atoms with Crippen molar-refractivity contribution in [1.82, 2.24) is 9.55 Å². The zero-order valence-corrected chi connectivity index (χ0v) is 13.0. The third-order valence-electron chi connectivity index (χ3n) is 3.76. The van der Waals surface area contributed by atoms with Crippen molar-refractivity contribution >= 4 is 38.6 Å². The lowest BCUT2D eigenvalue weighted by Crippen LogP contribution is -2.36. The fourth-order valence-electron chi connectivity index (χ4n) is 2.60. The summed E-state index contributed by atoms with van der Waals surface area (Å²) in [6.45, 7) is 0. The molecule has 1 aromatic carbocycles. The summed E-state index contributed by atoms with van der Waals surface area (Å²) in [7, 11) is 0. The van der Waals surface area contributed by atoms with Gasteiger partial charge in [0.1, 0.15) is 17.2 Å². The van der Waals surface area contributed by atoms with Gasteiger partial charge >= 0.3 is 6.18 Å². The number of nitrogens with zero attached hydrogens (tertiary/aromatic N) is 2. The van der Waals surface area contributed by atoms with Crippen LogP contribution >= 0.6 is 27.5 Å². The van der Waals surface area contributed by atoms with E-state index in [1.54, 1.807) is 0 Å². The van der Waals surface area contributed by atoms with Crippen LogP contribution in [0.15, 0.2) is 16.6 Å². The van der Waals surface area contributed by atoms with Gasteiger partial charge in [0, 0.05) is 18.4 Å². The van der Waals surface area contributed by atoms with Crippen LogP contribution in [0.1, 0.15) is 18.7 Å². The lowest BCUT2D eigenvalue weighted by atomic mass is 10.2. The molecule has 1 aromatic heterocycles. The number of aryl methyl sites for hydroxylation is 1. The minimum atomic E-state index is -4.37. The van der Waals surface area contributed by atoms with Crippen molar-refractivity contribution in [2.24, 2.45) is 0 Å². The zero-order valence-electron chi connectivity index (χ0n) is 10.6. The minimum Gasteiger partial charge on any atom is -0.312 e. The number of benzene rings is 1. The van der Waals surface area contributed by atoms with Gasteiger partial charge in [-0.2, -0.15) is 13.2 Å². The molecule has 0 bridgehead atoms. The Bertz CT molecular complexity index is 706. The lowest BCUT2D eigenvalue weighted by molar-refractivity contribution is -0.179. The molecular weight excluding hydrogens is 376 g/mol. The summed E-state index contributed by atoms with van der Waals surface area (Å²) in [5.74, 6) is -0.158. The van der Waals surface area contributed by atoms with Crippen LogP contribution in [-0.4, -0.2) is 21.6 Å². The maximum Gasteiger partial charge on any atom is 0.412 e. The van der Waals surface area contributed by atoms with Crippen LogP contribution in [0.5, 0.6) is 0 Å². The van der Waals surface area contributed by atoms with E-state index in [1.807, 2.05) is 0 Å². The summed E-state index contributed by atoms with van der Waals surface area (Å²) < 4.78 is 55.1. The Balaban J connectivity index is 2.29. The first-order valence-electron chi connectivity index (χ1n) is 6.30. The molecule has 1 aliphatic carbocycles. The standard InChI is InChI=1S/C13H10BrClF4N2/c14-7-5-10-9(6-8(7)16)20-11(1-4-15)21(10)12(2-3-12)13(17,18)19/h5-6H,1-4H2. The molecule has 2 aromatic rings. The molecule has 21 heavy (non-hydrogen) atoms. The van der Waals surface area contributed by atoms with Crippen molar-refractivity contribution in [1.29, 1.82) is 0 Å². The highest BCUT2D eigenvalue weighted by atomic mass is 79.9. The number of hydrogen-bond donors (Lipinski definition) is 0. The average Bonchev–Trinajstić information content (AvgIpc) is 3.11.